The minimum absolute atomic E-state index is 0.0364. The molecule has 1 N–H and O–H groups in total. The molecule has 0 saturated carbocycles. The number of rotatable bonds is 5. The Bertz CT molecular complexity index is 1230. The summed E-state index contributed by atoms with van der Waals surface area (Å²) in [6.45, 7) is 0.291. The number of amides is 3. The second kappa shape index (κ2) is 9.30. The van der Waals surface area contributed by atoms with Crippen molar-refractivity contribution in [3.8, 4) is 11.5 Å². The molecule has 0 bridgehead atoms. The van der Waals surface area contributed by atoms with E-state index in [9.17, 15) is 24.5 Å². The molecule has 2 aliphatic heterocycles. The lowest BCUT2D eigenvalue weighted by Crippen LogP contribution is -2.36. The summed E-state index contributed by atoms with van der Waals surface area (Å²) >= 11 is 12.5. The molecule has 170 valence electrons. The average molecular weight is 510 g/mol. The van der Waals surface area contributed by atoms with Gasteiger partial charge in [-0.05, 0) is 36.0 Å². The molecule has 1 saturated heterocycles. The number of fused-ring (bicyclic) bond motifs is 1. The Morgan fingerprint density at radius 3 is 2.61 bits per heavy atom. The maximum absolute atomic E-state index is 12.7. The highest BCUT2D eigenvalue weighted by Crippen LogP contribution is 2.37. The first-order valence-electron chi connectivity index (χ1n) is 9.31. The monoisotopic (exact) mass is 509 g/mol. The summed E-state index contributed by atoms with van der Waals surface area (Å²) in [7, 11) is 0. The van der Waals surface area contributed by atoms with Gasteiger partial charge >= 0.3 is 0 Å². The van der Waals surface area contributed by atoms with E-state index in [1.54, 1.807) is 18.2 Å². The largest absolute Gasteiger partial charge is 0.486 e. The number of nitrogens with one attached hydrogen (secondary N) is 1. The van der Waals surface area contributed by atoms with Crippen LogP contribution in [0.25, 0.3) is 6.08 Å². The van der Waals surface area contributed by atoms with Gasteiger partial charge in [-0.1, -0.05) is 23.2 Å². The molecule has 3 amide bonds. The first kappa shape index (κ1) is 22.9. The third kappa shape index (κ3) is 4.90. The smallest absolute Gasteiger partial charge is 0.294 e. The van der Waals surface area contributed by atoms with Gasteiger partial charge in [-0.3, -0.25) is 29.4 Å². The number of anilines is 1. The van der Waals surface area contributed by atoms with E-state index in [-0.39, 0.29) is 20.5 Å². The number of carbonyl (C=O) groups excluding carboxylic acids is 3. The number of carbonyl (C=O) groups is 3. The van der Waals surface area contributed by atoms with Crippen LogP contribution in [0.3, 0.4) is 0 Å². The molecule has 33 heavy (non-hydrogen) atoms. The molecule has 2 aromatic rings. The Hall–Kier alpha value is -3.28. The van der Waals surface area contributed by atoms with Gasteiger partial charge in [0.15, 0.2) is 11.5 Å². The lowest BCUT2D eigenvalue weighted by molar-refractivity contribution is -0.384. The second-order valence-corrected chi connectivity index (χ2v) is 8.56. The Balaban J connectivity index is 1.48. The normalized spacial score (nSPS) is 16.3. The van der Waals surface area contributed by atoms with Crippen LogP contribution < -0.4 is 14.8 Å². The Kier molecular flexibility index (Phi) is 6.45. The van der Waals surface area contributed by atoms with Gasteiger partial charge in [0.1, 0.15) is 24.8 Å². The van der Waals surface area contributed by atoms with Crippen LogP contribution in [0.15, 0.2) is 35.2 Å². The molecule has 0 aliphatic carbocycles. The standard InChI is InChI=1S/C20H13Cl2N3O7S/c21-12-8-13(22)14(25(29)30)5-10(12)6-17-19(27)24(20(28)33-17)9-18(26)23-11-1-2-15-16(7-11)32-4-3-31-15/h1-2,5-8H,3-4,9H2,(H,23,26)/b17-6-. The van der Waals surface area contributed by atoms with Crippen molar-refractivity contribution in [2.24, 2.45) is 0 Å². The zero-order valence-corrected chi connectivity index (χ0v) is 18.8. The molecule has 0 spiro atoms. The number of halogens is 2. The molecule has 0 unspecified atom stereocenters. The van der Waals surface area contributed by atoms with Crippen LogP contribution in [0.1, 0.15) is 5.56 Å². The highest BCUT2D eigenvalue weighted by Gasteiger charge is 2.36. The molecular formula is C20H13Cl2N3O7S. The van der Waals surface area contributed by atoms with Crippen LogP contribution in [-0.4, -0.2) is 46.6 Å². The maximum Gasteiger partial charge on any atom is 0.294 e. The number of thioether (sulfide) groups is 1. The molecule has 2 aliphatic rings. The molecule has 0 radical (unpaired) electrons. The van der Waals surface area contributed by atoms with E-state index in [0.717, 1.165) is 11.0 Å². The van der Waals surface area contributed by atoms with E-state index in [1.807, 2.05) is 0 Å². The quantitative estimate of drug-likeness (QED) is 0.357. The fraction of sp³-hybridized carbons (Fsp3) is 0.150. The van der Waals surface area contributed by atoms with Gasteiger partial charge in [-0.15, -0.1) is 0 Å². The summed E-state index contributed by atoms with van der Waals surface area (Å²) in [5.41, 5.74) is 0.149. The van der Waals surface area contributed by atoms with Crippen molar-refractivity contribution in [1.29, 1.82) is 0 Å². The summed E-state index contributed by atoms with van der Waals surface area (Å²) in [5, 5.41) is 12.9. The minimum atomic E-state index is -0.726. The van der Waals surface area contributed by atoms with Crippen molar-refractivity contribution in [3.05, 3.63) is 61.0 Å². The first-order chi connectivity index (χ1) is 15.7. The van der Waals surface area contributed by atoms with Gasteiger partial charge < -0.3 is 14.8 Å². The van der Waals surface area contributed by atoms with E-state index in [0.29, 0.717) is 42.2 Å². The molecule has 10 nitrogen and oxygen atoms in total. The number of nitrogens with zero attached hydrogens (tertiary/aromatic N) is 2. The predicted octanol–water partition coefficient (Wildman–Crippen LogP) is 4.35. The van der Waals surface area contributed by atoms with Gasteiger partial charge in [0.05, 0.1) is 9.83 Å². The first-order valence-corrected chi connectivity index (χ1v) is 10.9. The van der Waals surface area contributed by atoms with Crippen LogP contribution in [0.2, 0.25) is 10.0 Å². The van der Waals surface area contributed by atoms with Crippen molar-refractivity contribution >= 4 is 69.5 Å². The van der Waals surface area contributed by atoms with E-state index in [4.69, 9.17) is 32.7 Å². The number of hydrogen-bond acceptors (Lipinski definition) is 8. The third-order valence-corrected chi connectivity index (χ3v) is 6.09. The van der Waals surface area contributed by atoms with Crippen molar-refractivity contribution in [3.63, 3.8) is 0 Å². The van der Waals surface area contributed by atoms with Gasteiger partial charge in [-0.2, -0.15) is 0 Å². The number of nitro groups is 1. The molecular weight excluding hydrogens is 497 g/mol. The van der Waals surface area contributed by atoms with Crippen molar-refractivity contribution in [2.45, 2.75) is 0 Å². The Morgan fingerprint density at radius 1 is 1.15 bits per heavy atom. The lowest BCUT2D eigenvalue weighted by Gasteiger charge is -2.19. The number of ether oxygens (including phenoxy) is 2. The molecule has 1 fully saturated rings. The molecule has 0 atom stereocenters. The van der Waals surface area contributed by atoms with Gasteiger partial charge in [0.25, 0.3) is 16.8 Å². The molecule has 0 aromatic heterocycles. The summed E-state index contributed by atoms with van der Waals surface area (Å²) in [4.78, 5) is 48.6. The molecule has 2 heterocycles. The number of benzene rings is 2. The van der Waals surface area contributed by atoms with Gasteiger partial charge in [0, 0.05) is 28.4 Å². The van der Waals surface area contributed by atoms with Gasteiger partial charge in [-0.25, -0.2) is 0 Å². The fourth-order valence-corrected chi connectivity index (χ4v) is 4.38. The maximum atomic E-state index is 12.7. The molecule has 4 rings (SSSR count). The summed E-state index contributed by atoms with van der Waals surface area (Å²) in [6, 6.07) is 7.11. The van der Waals surface area contributed by atoms with Gasteiger partial charge in [0.2, 0.25) is 5.91 Å². The van der Waals surface area contributed by atoms with Crippen LogP contribution >= 0.6 is 35.0 Å². The third-order valence-electron chi connectivity index (χ3n) is 4.55. The number of imide groups is 1. The SMILES string of the molecule is O=C(CN1C(=O)S/C(=C\c2cc([N+](=O)[O-])c(Cl)cc2Cl)C1=O)Nc1ccc2c(c1)OCCO2. The van der Waals surface area contributed by atoms with E-state index >= 15 is 0 Å². The lowest BCUT2D eigenvalue weighted by atomic mass is 10.2. The number of nitro benzene ring substituents is 1. The second-order valence-electron chi connectivity index (χ2n) is 6.76. The van der Waals surface area contributed by atoms with Crippen molar-refractivity contribution in [1.82, 2.24) is 4.90 Å². The van der Waals surface area contributed by atoms with E-state index < -0.39 is 34.2 Å². The number of hydrogen-bond donors (Lipinski definition) is 1. The topological polar surface area (TPSA) is 128 Å². The fourth-order valence-electron chi connectivity index (χ4n) is 3.05. The average Bonchev–Trinajstić information content (AvgIpc) is 3.02. The van der Waals surface area contributed by atoms with Crippen LogP contribution in [0.5, 0.6) is 11.5 Å². The van der Waals surface area contributed by atoms with Crippen LogP contribution in [0.4, 0.5) is 16.2 Å². The summed E-state index contributed by atoms with van der Waals surface area (Å²) < 4.78 is 10.9. The highest BCUT2D eigenvalue weighted by atomic mass is 35.5. The Labute approximate surface area is 200 Å². The highest BCUT2D eigenvalue weighted by molar-refractivity contribution is 8.18. The molecule has 13 heteroatoms. The van der Waals surface area contributed by atoms with Crippen molar-refractivity contribution in [2.75, 3.05) is 25.1 Å². The van der Waals surface area contributed by atoms with E-state index in [2.05, 4.69) is 5.32 Å². The Morgan fingerprint density at radius 2 is 1.88 bits per heavy atom. The van der Waals surface area contributed by atoms with Crippen LogP contribution in [0, 0.1) is 10.1 Å². The van der Waals surface area contributed by atoms with Crippen LogP contribution in [-0.2, 0) is 9.59 Å². The van der Waals surface area contributed by atoms with Crippen molar-refractivity contribution < 1.29 is 28.8 Å². The summed E-state index contributed by atoms with van der Waals surface area (Å²) in [5.74, 6) is -0.301. The van der Waals surface area contributed by atoms with E-state index in [1.165, 1.54) is 12.1 Å². The zero-order chi connectivity index (χ0) is 23.7. The zero-order valence-electron chi connectivity index (χ0n) is 16.5. The minimum Gasteiger partial charge on any atom is -0.486 e. The predicted molar refractivity (Wildman–Crippen MR) is 122 cm³/mol. The summed E-state index contributed by atoms with van der Waals surface area (Å²) in [6.07, 6.45) is 1.25. The molecule has 2 aromatic carbocycles.